The Bertz CT molecular complexity index is 798. The summed E-state index contributed by atoms with van der Waals surface area (Å²) in [6.07, 6.45) is 0. The van der Waals surface area contributed by atoms with E-state index in [1.807, 2.05) is 24.3 Å². The highest BCUT2D eigenvalue weighted by atomic mass is 35.5. The lowest BCUT2D eigenvalue weighted by molar-refractivity contribution is 0.636. The average Bonchev–Trinajstić information content (AvgIpc) is 2.48. The Morgan fingerprint density at radius 1 is 1.00 bits per heavy atom. The molecule has 1 aromatic heterocycles. The number of hydrogen-bond acceptors (Lipinski definition) is 2. The van der Waals surface area contributed by atoms with Crippen molar-refractivity contribution in [3.05, 3.63) is 59.0 Å². The van der Waals surface area contributed by atoms with Crippen LogP contribution in [0.5, 0.6) is 0 Å². The van der Waals surface area contributed by atoms with Gasteiger partial charge >= 0.3 is 0 Å². The smallest absolute Gasteiger partial charge is 0.161 e. The predicted molar refractivity (Wildman–Crippen MR) is 84.0 cm³/mol. The van der Waals surface area contributed by atoms with Gasteiger partial charge in [-0.2, -0.15) is 0 Å². The first-order valence-electron chi connectivity index (χ1n) is 6.78. The van der Waals surface area contributed by atoms with Crippen LogP contribution >= 0.6 is 11.6 Å². The third-order valence-corrected chi connectivity index (χ3v) is 3.75. The highest BCUT2D eigenvalue weighted by Gasteiger charge is 2.11. The van der Waals surface area contributed by atoms with Gasteiger partial charge in [-0.1, -0.05) is 55.8 Å². The zero-order valence-corrected chi connectivity index (χ0v) is 12.5. The number of aromatic nitrogens is 2. The highest BCUT2D eigenvalue weighted by molar-refractivity contribution is 6.34. The summed E-state index contributed by atoms with van der Waals surface area (Å²) in [6.45, 7) is 4.27. The second-order valence-corrected chi connectivity index (χ2v) is 5.61. The zero-order valence-electron chi connectivity index (χ0n) is 11.8. The second kappa shape index (κ2) is 5.41. The van der Waals surface area contributed by atoms with E-state index in [0.29, 0.717) is 17.1 Å². The predicted octanol–water partition coefficient (Wildman–Crippen LogP) is 5.21. The lowest BCUT2D eigenvalue weighted by atomic mass is 10.0. The Morgan fingerprint density at radius 3 is 2.38 bits per heavy atom. The van der Waals surface area contributed by atoms with Crippen molar-refractivity contribution in [2.24, 2.45) is 0 Å². The van der Waals surface area contributed by atoms with Crippen LogP contribution in [-0.4, -0.2) is 9.97 Å². The van der Waals surface area contributed by atoms with Gasteiger partial charge in [-0.05, 0) is 23.6 Å². The lowest BCUT2D eigenvalue weighted by Crippen LogP contribution is -1.94. The first-order valence-corrected chi connectivity index (χ1v) is 7.16. The molecule has 0 radical (unpaired) electrons. The van der Waals surface area contributed by atoms with Gasteiger partial charge in [0.25, 0.3) is 0 Å². The van der Waals surface area contributed by atoms with E-state index < -0.39 is 5.82 Å². The van der Waals surface area contributed by atoms with Gasteiger partial charge in [0.05, 0.1) is 0 Å². The first kappa shape index (κ1) is 14.0. The highest BCUT2D eigenvalue weighted by Crippen LogP contribution is 2.27. The van der Waals surface area contributed by atoms with Crippen molar-refractivity contribution in [3.8, 4) is 11.4 Å². The maximum absolute atomic E-state index is 13.9. The normalized spacial score (nSPS) is 11.3. The number of para-hydroxylation sites is 1. The van der Waals surface area contributed by atoms with Gasteiger partial charge in [-0.15, -0.1) is 0 Å². The van der Waals surface area contributed by atoms with E-state index in [2.05, 4.69) is 23.8 Å². The van der Waals surface area contributed by atoms with Gasteiger partial charge in [-0.3, -0.25) is 0 Å². The van der Waals surface area contributed by atoms with E-state index in [4.69, 9.17) is 11.6 Å². The third-order valence-electron chi connectivity index (χ3n) is 3.47. The molecule has 0 atom stereocenters. The van der Waals surface area contributed by atoms with Crippen LogP contribution in [-0.2, 0) is 0 Å². The summed E-state index contributed by atoms with van der Waals surface area (Å²) in [6, 6.07) is 12.6. The molecule has 1 heterocycles. The summed E-state index contributed by atoms with van der Waals surface area (Å²) in [5, 5.41) is 0.793. The van der Waals surface area contributed by atoms with E-state index in [0.717, 1.165) is 5.56 Å². The van der Waals surface area contributed by atoms with Gasteiger partial charge in [0.15, 0.2) is 5.82 Å². The fourth-order valence-corrected chi connectivity index (χ4v) is 2.46. The van der Waals surface area contributed by atoms with Crippen LogP contribution in [0.15, 0.2) is 42.5 Å². The molecule has 0 aliphatic heterocycles. The maximum Gasteiger partial charge on any atom is 0.161 e. The fraction of sp³-hybridized carbons (Fsp3) is 0.176. The first-order chi connectivity index (χ1) is 10.1. The molecule has 21 heavy (non-hydrogen) atoms. The Kier molecular flexibility index (Phi) is 3.60. The molecule has 0 saturated heterocycles. The van der Waals surface area contributed by atoms with Gasteiger partial charge in [0.1, 0.15) is 16.5 Å². The molecule has 4 heteroatoms. The molecule has 106 valence electrons. The summed E-state index contributed by atoms with van der Waals surface area (Å²) in [5.74, 6) is 0.502. The standard InChI is InChI=1S/C17H14ClFN2/c1-10(2)11-6-8-12(9-7-11)17-20-15-13(16(18)21-17)4-3-5-14(15)19/h3-10H,1-2H3. The molecule has 0 amide bonds. The molecule has 3 rings (SSSR count). The van der Waals surface area contributed by atoms with Gasteiger partial charge in [0.2, 0.25) is 0 Å². The molecule has 0 N–H and O–H groups in total. The number of fused-ring (bicyclic) bond motifs is 1. The molecular weight excluding hydrogens is 287 g/mol. The minimum Gasteiger partial charge on any atom is -0.225 e. The largest absolute Gasteiger partial charge is 0.225 e. The number of nitrogens with zero attached hydrogens (tertiary/aromatic N) is 2. The molecule has 0 unspecified atom stereocenters. The van der Waals surface area contributed by atoms with Crippen molar-refractivity contribution in [1.82, 2.24) is 9.97 Å². The van der Waals surface area contributed by atoms with Crippen LogP contribution in [0.3, 0.4) is 0 Å². The Balaban J connectivity index is 2.14. The summed E-state index contributed by atoms with van der Waals surface area (Å²) >= 11 is 6.15. The van der Waals surface area contributed by atoms with E-state index in [1.165, 1.54) is 11.6 Å². The quantitative estimate of drug-likeness (QED) is 0.607. The monoisotopic (exact) mass is 300 g/mol. The summed E-state index contributed by atoms with van der Waals surface area (Å²) in [7, 11) is 0. The summed E-state index contributed by atoms with van der Waals surface area (Å²) < 4.78 is 13.9. The summed E-state index contributed by atoms with van der Waals surface area (Å²) in [4.78, 5) is 8.58. The molecule has 0 spiro atoms. The number of hydrogen-bond donors (Lipinski definition) is 0. The molecule has 0 aliphatic carbocycles. The number of rotatable bonds is 2. The summed E-state index contributed by atoms with van der Waals surface area (Å²) in [5.41, 5.74) is 2.31. The van der Waals surface area contributed by atoms with Crippen molar-refractivity contribution in [2.45, 2.75) is 19.8 Å². The van der Waals surface area contributed by atoms with Crippen LogP contribution in [0, 0.1) is 5.82 Å². The molecule has 0 fully saturated rings. The lowest BCUT2D eigenvalue weighted by Gasteiger charge is -2.08. The molecule has 3 aromatic rings. The van der Waals surface area contributed by atoms with Gasteiger partial charge in [-0.25, -0.2) is 14.4 Å². The van der Waals surface area contributed by atoms with Crippen molar-refractivity contribution in [1.29, 1.82) is 0 Å². The Hall–Kier alpha value is -2.00. The Morgan fingerprint density at radius 2 is 1.71 bits per heavy atom. The fourth-order valence-electron chi connectivity index (χ4n) is 2.23. The second-order valence-electron chi connectivity index (χ2n) is 5.25. The third kappa shape index (κ3) is 2.61. The molecule has 2 nitrogen and oxygen atoms in total. The topological polar surface area (TPSA) is 25.8 Å². The molecule has 0 bridgehead atoms. The van der Waals surface area contributed by atoms with Crippen LogP contribution in [0.2, 0.25) is 5.15 Å². The minimum atomic E-state index is -0.392. The number of benzene rings is 2. The number of halogens is 2. The molecule has 0 saturated carbocycles. The van der Waals surface area contributed by atoms with Crippen molar-refractivity contribution in [2.75, 3.05) is 0 Å². The van der Waals surface area contributed by atoms with Gasteiger partial charge < -0.3 is 0 Å². The van der Waals surface area contributed by atoms with Gasteiger partial charge in [0, 0.05) is 10.9 Å². The molecule has 2 aromatic carbocycles. The van der Waals surface area contributed by atoms with Crippen molar-refractivity contribution < 1.29 is 4.39 Å². The van der Waals surface area contributed by atoms with E-state index in [1.54, 1.807) is 12.1 Å². The minimum absolute atomic E-state index is 0.250. The van der Waals surface area contributed by atoms with Crippen LogP contribution in [0.4, 0.5) is 4.39 Å². The Labute approximate surface area is 127 Å². The van der Waals surface area contributed by atoms with E-state index in [9.17, 15) is 4.39 Å². The van der Waals surface area contributed by atoms with Crippen LogP contribution < -0.4 is 0 Å². The van der Waals surface area contributed by atoms with E-state index >= 15 is 0 Å². The SMILES string of the molecule is CC(C)c1ccc(-c2nc(Cl)c3cccc(F)c3n2)cc1. The molecule has 0 aliphatic rings. The molecular formula is C17H14ClFN2. The van der Waals surface area contributed by atoms with E-state index in [-0.39, 0.29) is 10.7 Å². The zero-order chi connectivity index (χ0) is 15.0. The maximum atomic E-state index is 13.9. The van der Waals surface area contributed by atoms with Crippen LogP contribution in [0.1, 0.15) is 25.3 Å². The van der Waals surface area contributed by atoms with Crippen LogP contribution in [0.25, 0.3) is 22.3 Å². The van der Waals surface area contributed by atoms with Crippen molar-refractivity contribution >= 4 is 22.5 Å². The average molecular weight is 301 g/mol. The van der Waals surface area contributed by atoms with Crippen molar-refractivity contribution in [3.63, 3.8) is 0 Å².